The molecule has 102 valence electrons. The SMILES string of the molecule is CCC(CCCN(C)c1cccc(OC)c1)NC. The van der Waals surface area contributed by atoms with Crippen molar-refractivity contribution in [3.05, 3.63) is 24.3 Å². The summed E-state index contributed by atoms with van der Waals surface area (Å²) >= 11 is 0. The first kappa shape index (κ1) is 14.8. The van der Waals surface area contributed by atoms with E-state index in [1.807, 2.05) is 19.2 Å². The first-order chi connectivity index (χ1) is 8.71. The second-order valence-electron chi connectivity index (χ2n) is 4.66. The van der Waals surface area contributed by atoms with Crippen molar-refractivity contribution in [1.29, 1.82) is 0 Å². The van der Waals surface area contributed by atoms with Crippen LogP contribution < -0.4 is 15.0 Å². The Labute approximate surface area is 111 Å². The second kappa shape index (κ2) is 7.98. The zero-order valence-corrected chi connectivity index (χ0v) is 12.1. The highest BCUT2D eigenvalue weighted by Gasteiger charge is 2.05. The molecule has 1 unspecified atom stereocenters. The summed E-state index contributed by atoms with van der Waals surface area (Å²) < 4.78 is 5.25. The summed E-state index contributed by atoms with van der Waals surface area (Å²) in [5, 5.41) is 3.34. The number of rotatable bonds is 8. The van der Waals surface area contributed by atoms with Crippen LogP contribution >= 0.6 is 0 Å². The van der Waals surface area contributed by atoms with Crippen LogP contribution in [0.3, 0.4) is 0 Å². The smallest absolute Gasteiger partial charge is 0.120 e. The van der Waals surface area contributed by atoms with Crippen molar-refractivity contribution in [3.8, 4) is 5.75 Å². The molecule has 3 heteroatoms. The molecule has 0 saturated heterocycles. The Hall–Kier alpha value is -1.22. The first-order valence-corrected chi connectivity index (χ1v) is 6.73. The van der Waals surface area contributed by atoms with Crippen molar-refractivity contribution in [1.82, 2.24) is 5.32 Å². The fourth-order valence-corrected chi connectivity index (χ4v) is 2.10. The summed E-state index contributed by atoms with van der Waals surface area (Å²) in [6, 6.07) is 8.86. The maximum absolute atomic E-state index is 5.25. The number of nitrogens with one attached hydrogen (secondary N) is 1. The lowest BCUT2D eigenvalue weighted by Crippen LogP contribution is -2.26. The number of methoxy groups -OCH3 is 1. The number of benzene rings is 1. The summed E-state index contributed by atoms with van der Waals surface area (Å²) in [7, 11) is 5.88. The minimum Gasteiger partial charge on any atom is -0.497 e. The van der Waals surface area contributed by atoms with Crippen LogP contribution in [0.25, 0.3) is 0 Å². The lowest BCUT2D eigenvalue weighted by molar-refractivity contribution is 0.415. The third-order valence-corrected chi connectivity index (χ3v) is 3.44. The quantitative estimate of drug-likeness (QED) is 0.768. The van der Waals surface area contributed by atoms with E-state index in [1.165, 1.54) is 24.9 Å². The van der Waals surface area contributed by atoms with Gasteiger partial charge in [0.25, 0.3) is 0 Å². The van der Waals surface area contributed by atoms with Gasteiger partial charge in [-0.25, -0.2) is 0 Å². The molecule has 0 bridgehead atoms. The Balaban J connectivity index is 2.42. The minimum absolute atomic E-state index is 0.642. The number of nitrogens with zero attached hydrogens (tertiary/aromatic N) is 1. The number of hydrogen-bond donors (Lipinski definition) is 1. The summed E-state index contributed by atoms with van der Waals surface area (Å²) in [6.45, 7) is 3.30. The molecule has 0 spiro atoms. The fraction of sp³-hybridized carbons (Fsp3) is 0.600. The van der Waals surface area contributed by atoms with Gasteiger partial charge in [-0.15, -0.1) is 0 Å². The van der Waals surface area contributed by atoms with Crippen LogP contribution in [0.1, 0.15) is 26.2 Å². The highest BCUT2D eigenvalue weighted by molar-refractivity contribution is 5.49. The Morgan fingerprint density at radius 2 is 2.17 bits per heavy atom. The molecule has 1 aromatic rings. The van der Waals surface area contributed by atoms with Gasteiger partial charge in [0.1, 0.15) is 5.75 Å². The third kappa shape index (κ3) is 4.57. The van der Waals surface area contributed by atoms with E-state index in [4.69, 9.17) is 4.74 Å². The van der Waals surface area contributed by atoms with Crippen LogP contribution in [0.5, 0.6) is 5.75 Å². The molecule has 0 heterocycles. The number of ether oxygens (including phenoxy) is 1. The van der Waals surface area contributed by atoms with Gasteiger partial charge in [0.15, 0.2) is 0 Å². The zero-order chi connectivity index (χ0) is 13.4. The molecule has 18 heavy (non-hydrogen) atoms. The molecule has 0 saturated carbocycles. The molecule has 0 radical (unpaired) electrons. The largest absolute Gasteiger partial charge is 0.497 e. The molecule has 0 aliphatic heterocycles. The van der Waals surface area contributed by atoms with Gasteiger partial charge >= 0.3 is 0 Å². The molecule has 1 N–H and O–H groups in total. The van der Waals surface area contributed by atoms with Crippen molar-refractivity contribution in [2.45, 2.75) is 32.2 Å². The highest BCUT2D eigenvalue weighted by atomic mass is 16.5. The molecule has 1 rings (SSSR count). The molecule has 0 fully saturated rings. The highest BCUT2D eigenvalue weighted by Crippen LogP contribution is 2.20. The van der Waals surface area contributed by atoms with Gasteiger partial charge in [0.05, 0.1) is 7.11 Å². The maximum Gasteiger partial charge on any atom is 0.120 e. The molecule has 1 aromatic carbocycles. The molecule has 3 nitrogen and oxygen atoms in total. The van der Waals surface area contributed by atoms with Crippen LogP contribution in [-0.2, 0) is 0 Å². The van der Waals surface area contributed by atoms with Gasteiger partial charge in [-0.1, -0.05) is 13.0 Å². The standard InChI is InChI=1S/C15H26N2O/c1-5-13(16-2)8-7-11-17(3)14-9-6-10-15(12-14)18-4/h6,9-10,12-13,16H,5,7-8,11H2,1-4H3. The van der Waals surface area contributed by atoms with Crippen LogP contribution in [0.4, 0.5) is 5.69 Å². The van der Waals surface area contributed by atoms with Crippen molar-refractivity contribution >= 4 is 5.69 Å². The first-order valence-electron chi connectivity index (χ1n) is 6.73. The second-order valence-corrected chi connectivity index (χ2v) is 4.66. The predicted molar refractivity (Wildman–Crippen MR) is 78.6 cm³/mol. The lowest BCUT2D eigenvalue weighted by Gasteiger charge is -2.21. The Kier molecular flexibility index (Phi) is 6.58. The molecule has 0 aliphatic rings. The van der Waals surface area contributed by atoms with E-state index in [2.05, 4.69) is 36.3 Å². The monoisotopic (exact) mass is 250 g/mol. The van der Waals surface area contributed by atoms with Gasteiger partial charge < -0.3 is 15.0 Å². The van der Waals surface area contributed by atoms with Crippen molar-refractivity contribution in [2.75, 3.05) is 32.6 Å². The fourth-order valence-electron chi connectivity index (χ4n) is 2.10. The van der Waals surface area contributed by atoms with Gasteiger partial charge in [0.2, 0.25) is 0 Å². The van der Waals surface area contributed by atoms with Gasteiger partial charge in [0, 0.05) is 31.4 Å². The molecular formula is C15H26N2O. The molecular weight excluding hydrogens is 224 g/mol. The van der Waals surface area contributed by atoms with Crippen LogP contribution in [0, 0.1) is 0 Å². The molecule has 0 aliphatic carbocycles. The Bertz CT molecular complexity index is 337. The molecule has 0 aromatic heterocycles. The summed E-state index contributed by atoms with van der Waals surface area (Å²) in [4.78, 5) is 2.28. The topological polar surface area (TPSA) is 24.5 Å². The Morgan fingerprint density at radius 1 is 1.39 bits per heavy atom. The predicted octanol–water partition coefficient (Wildman–Crippen LogP) is 2.91. The summed E-state index contributed by atoms with van der Waals surface area (Å²) in [6.07, 6.45) is 3.62. The number of hydrogen-bond acceptors (Lipinski definition) is 3. The van der Waals surface area contributed by atoms with E-state index in [0.717, 1.165) is 12.3 Å². The van der Waals surface area contributed by atoms with Gasteiger partial charge in [-0.2, -0.15) is 0 Å². The molecule has 0 amide bonds. The third-order valence-electron chi connectivity index (χ3n) is 3.44. The maximum atomic E-state index is 5.25. The average molecular weight is 250 g/mol. The van der Waals surface area contributed by atoms with Gasteiger partial charge in [-0.3, -0.25) is 0 Å². The van der Waals surface area contributed by atoms with E-state index in [0.29, 0.717) is 6.04 Å². The zero-order valence-electron chi connectivity index (χ0n) is 12.1. The van der Waals surface area contributed by atoms with Crippen molar-refractivity contribution in [2.24, 2.45) is 0 Å². The summed E-state index contributed by atoms with van der Waals surface area (Å²) in [5.74, 6) is 0.918. The minimum atomic E-state index is 0.642. The lowest BCUT2D eigenvalue weighted by atomic mass is 10.1. The van der Waals surface area contributed by atoms with E-state index in [-0.39, 0.29) is 0 Å². The van der Waals surface area contributed by atoms with Crippen LogP contribution in [0.2, 0.25) is 0 Å². The normalized spacial score (nSPS) is 12.2. The average Bonchev–Trinajstić information content (AvgIpc) is 2.43. The van der Waals surface area contributed by atoms with Crippen LogP contribution in [0.15, 0.2) is 24.3 Å². The van der Waals surface area contributed by atoms with E-state index in [9.17, 15) is 0 Å². The number of anilines is 1. The van der Waals surface area contributed by atoms with E-state index < -0.39 is 0 Å². The van der Waals surface area contributed by atoms with Crippen molar-refractivity contribution < 1.29 is 4.74 Å². The van der Waals surface area contributed by atoms with E-state index in [1.54, 1.807) is 7.11 Å². The summed E-state index contributed by atoms with van der Waals surface area (Å²) in [5.41, 5.74) is 1.21. The van der Waals surface area contributed by atoms with E-state index >= 15 is 0 Å². The molecule has 1 atom stereocenters. The van der Waals surface area contributed by atoms with Crippen LogP contribution in [-0.4, -0.2) is 33.8 Å². The van der Waals surface area contributed by atoms with Crippen molar-refractivity contribution in [3.63, 3.8) is 0 Å². The Morgan fingerprint density at radius 3 is 2.78 bits per heavy atom. The van der Waals surface area contributed by atoms with Gasteiger partial charge in [-0.05, 0) is 38.4 Å².